The third-order valence-electron chi connectivity index (χ3n) is 5.53. The van der Waals surface area contributed by atoms with Crippen molar-refractivity contribution < 1.29 is 14.3 Å². The normalized spacial score (nSPS) is 13.7. The lowest BCUT2D eigenvalue weighted by Gasteiger charge is -2.18. The molecule has 1 aliphatic rings. The van der Waals surface area contributed by atoms with Gasteiger partial charge in [-0.2, -0.15) is 0 Å². The van der Waals surface area contributed by atoms with E-state index in [1.54, 1.807) is 0 Å². The molecule has 1 unspecified atom stereocenters. The van der Waals surface area contributed by atoms with Crippen molar-refractivity contribution in [3.8, 4) is 5.75 Å². The van der Waals surface area contributed by atoms with E-state index in [1.165, 1.54) is 11.8 Å². The van der Waals surface area contributed by atoms with Crippen LogP contribution in [-0.2, 0) is 9.59 Å². The average molecular weight is 475 g/mol. The number of hydrogen-bond acceptors (Lipinski definition) is 4. The predicted molar refractivity (Wildman–Crippen MR) is 138 cm³/mol. The van der Waals surface area contributed by atoms with E-state index in [1.807, 2.05) is 78.9 Å². The quantitative estimate of drug-likeness (QED) is 0.240. The fraction of sp³-hybridized carbons (Fsp3) is 0.286. The molecule has 0 aromatic heterocycles. The Bertz CT molecular complexity index is 1100. The number of amides is 2. The monoisotopic (exact) mass is 474 g/mol. The summed E-state index contributed by atoms with van der Waals surface area (Å²) in [6, 6.07) is 24.9. The van der Waals surface area contributed by atoms with Crippen LogP contribution in [0.3, 0.4) is 0 Å². The number of benzene rings is 3. The second-order valence-corrected chi connectivity index (χ2v) is 9.59. The smallest absolute Gasteiger partial charge is 0.242 e. The standard InChI is InChI=1S/C28H30N2O3S/c1-2-3-18-33-24-16-14-22(15-17-24)29-28(32)26(20-8-5-4-6-9-20)34-25-11-7-10-23(19-25)30-27(31)21-12-13-21/h4-11,14-17,19,21,26H,2-3,12-13,18H2,1H3,(H,29,32)(H,30,31). The molecule has 0 radical (unpaired) electrons. The first kappa shape index (κ1) is 23.9. The zero-order valence-corrected chi connectivity index (χ0v) is 20.1. The zero-order valence-electron chi connectivity index (χ0n) is 19.3. The summed E-state index contributed by atoms with van der Waals surface area (Å²) in [5.74, 6) is 0.901. The van der Waals surface area contributed by atoms with Gasteiger partial charge in [0.1, 0.15) is 11.0 Å². The van der Waals surface area contributed by atoms with Crippen LogP contribution in [0, 0.1) is 5.92 Å². The maximum atomic E-state index is 13.3. The first-order valence-corrected chi connectivity index (χ1v) is 12.7. The minimum Gasteiger partial charge on any atom is -0.494 e. The summed E-state index contributed by atoms with van der Waals surface area (Å²) in [6.07, 6.45) is 4.02. The fourth-order valence-corrected chi connectivity index (χ4v) is 4.53. The Hall–Kier alpha value is -3.25. The molecule has 176 valence electrons. The van der Waals surface area contributed by atoms with E-state index >= 15 is 0 Å². The molecule has 4 rings (SSSR count). The third-order valence-corrected chi connectivity index (χ3v) is 6.78. The Morgan fingerprint density at radius 2 is 1.71 bits per heavy atom. The van der Waals surface area contributed by atoms with Gasteiger partial charge in [-0.3, -0.25) is 9.59 Å². The lowest BCUT2D eigenvalue weighted by molar-refractivity contribution is -0.117. The van der Waals surface area contributed by atoms with Crippen LogP contribution in [0.1, 0.15) is 43.4 Å². The van der Waals surface area contributed by atoms with Crippen LogP contribution in [0.4, 0.5) is 11.4 Å². The first-order valence-electron chi connectivity index (χ1n) is 11.8. The maximum Gasteiger partial charge on any atom is 0.242 e. The van der Waals surface area contributed by atoms with Crippen molar-refractivity contribution in [1.82, 2.24) is 0 Å². The van der Waals surface area contributed by atoms with Crippen LogP contribution in [-0.4, -0.2) is 18.4 Å². The summed E-state index contributed by atoms with van der Waals surface area (Å²) in [5, 5.41) is 5.58. The third kappa shape index (κ3) is 6.87. The van der Waals surface area contributed by atoms with E-state index in [-0.39, 0.29) is 17.7 Å². The van der Waals surface area contributed by atoms with E-state index in [4.69, 9.17) is 4.74 Å². The molecular weight excluding hydrogens is 444 g/mol. The molecule has 1 atom stereocenters. The first-order chi connectivity index (χ1) is 16.6. The largest absolute Gasteiger partial charge is 0.494 e. The number of nitrogens with one attached hydrogen (secondary N) is 2. The van der Waals surface area contributed by atoms with Crippen LogP contribution in [0.5, 0.6) is 5.75 Å². The van der Waals surface area contributed by atoms with E-state index in [9.17, 15) is 9.59 Å². The van der Waals surface area contributed by atoms with Gasteiger partial charge >= 0.3 is 0 Å². The van der Waals surface area contributed by atoms with E-state index in [0.717, 1.165) is 53.3 Å². The topological polar surface area (TPSA) is 67.4 Å². The molecule has 5 nitrogen and oxygen atoms in total. The van der Waals surface area contributed by atoms with Crippen molar-refractivity contribution in [3.63, 3.8) is 0 Å². The highest BCUT2D eigenvalue weighted by Crippen LogP contribution is 2.38. The highest BCUT2D eigenvalue weighted by Gasteiger charge is 2.29. The molecule has 6 heteroatoms. The molecule has 1 saturated carbocycles. The van der Waals surface area contributed by atoms with Crippen molar-refractivity contribution in [2.24, 2.45) is 5.92 Å². The van der Waals surface area contributed by atoms with Gasteiger partial charge in [0, 0.05) is 22.2 Å². The molecule has 2 amide bonds. The number of unbranched alkanes of at least 4 members (excludes halogenated alkanes) is 1. The summed E-state index contributed by atoms with van der Waals surface area (Å²) in [7, 11) is 0. The van der Waals surface area contributed by atoms with Gasteiger partial charge in [-0.25, -0.2) is 0 Å². The predicted octanol–water partition coefficient (Wildman–Crippen LogP) is 6.69. The highest BCUT2D eigenvalue weighted by atomic mass is 32.2. The van der Waals surface area contributed by atoms with Crippen molar-refractivity contribution in [1.29, 1.82) is 0 Å². The zero-order chi connectivity index (χ0) is 23.8. The van der Waals surface area contributed by atoms with Gasteiger partial charge in [0.15, 0.2) is 0 Å². The van der Waals surface area contributed by atoms with Gasteiger partial charge in [0.05, 0.1) is 6.61 Å². The number of rotatable bonds is 11. The lowest BCUT2D eigenvalue weighted by atomic mass is 10.1. The Morgan fingerprint density at radius 3 is 2.41 bits per heavy atom. The second-order valence-electron chi connectivity index (χ2n) is 8.42. The Balaban J connectivity index is 1.46. The van der Waals surface area contributed by atoms with Crippen molar-refractivity contribution in [2.75, 3.05) is 17.2 Å². The van der Waals surface area contributed by atoms with Gasteiger partial charge in [-0.15, -0.1) is 11.8 Å². The van der Waals surface area contributed by atoms with Crippen molar-refractivity contribution >= 4 is 35.0 Å². The Labute approximate surface area is 205 Å². The minimum atomic E-state index is -0.448. The summed E-state index contributed by atoms with van der Waals surface area (Å²) >= 11 is 1.46. The summed E-state index contributed by atoms with van der Waals surface area (Å²) in [4.78, 5) is 26.4. The van der Waals surface area contributed by atoms with E-state index < -0.39 is 5.25 Å². The number of anilines is 2. The molecule has 3 aromatic rings. The summed E-state index contributed by atoms with van der Waals surface area (Å²) < 4.78 is 5.71. The molecular formula is C28H30N2O3S. The lowest BCUT2D eigenvalue weighted by Crippen LogP contribution is -2.19. The molecule has 34 heavy (non-hydrogen) atoms. The van der Waals surface area contributed by atoms with Gasteiger partial charge < -0.3 is 15.4 Å². The summed E-state index contributed by atoms with van der Waals surface area (Å²) in [5.41, 5.74) is 2.39. The highest BCUT2D eigenvalue weighted by molar-refractivity contribution is 8.00. The van der Waals surface area contributed by atoms with Gasteiger partial charge in [0.25, 0.3) is 0 Å². The molecule has 1 aliphatic carbocycles. The van der Waals surface area contributed by atoms with Crippen LogP contribution in [0.25, 0.3) is 0 Å². The van der Waals surface area contributed by atoms with Crippen LogP contribution < -0.4 is 15.4 Å². The number of carbonyl (C=O) groups excluding carboxylic acids is 2. The molecule has 0 heterocycles. The molecule has 0 bridgehead atoms. The van der Waals surface area contributed by atoms with Crippen molar-refractivity contribution in [3.05, 3.63) is 84.4 Å². The van der Waals surface area contributed by atoms with Crippen LogP contribution >= 0.6 is 11.8 Å². The number of carbonyl (C=O) groups is 2. The van der Waals surface area contributed by atoms with Gasteiger partial charge in [0.2, 0.25) is 11.8 Å². The van der Waals surface area contributed by atoms with Gasteiger partial charge in [-0.05, 0) is 67.3 Å². The fourth-order valence-electron chi connectivity index (χ4n) is 3.45. The number of thioether (sulfide) groups is 1. The molecule has 0 spiro atoms. The Kier molecular flexibility index (Phi) is 8.26. The number of ether oxygens (including phenoxy) is 1. The van der Waals surface area contributed by atoms with Crippen molar-refractivity contribution in [2.45, 2.75) is 42.8 Å². The van der Waals surface area contributed by atoms with E-state index in [0.29, 0.717) is 6.61 Å². The molecule has 0 saturated heterocycles. The van der Waals surface area contributed by atoms with E-state index in [2.05, 4.69) is 17.6 Å². The molecule has 0 aliphatic heterocycles. The van der Waals surface area contributed by atoms with Gasteiger partial charge in [-0.1, -0.05) is 49.7 Å². The number of hydrogen-bond donors (Lipinski definition) is 2. The van der Waals surface area contributed by atoms with Crippen LogP contribution in [0.2, 0.25) is 0 Å². The Morgan fingerprint density at radius 1 is 0.941 bits per heavy atom. The molecule has 3 aromatic carbocycles. The molecule has 2 N–H and O–H groups in total. The second kappa shape index (κ2) is 11.7. The SMILES string of the molecule is CCCCOc1ccc(NC(=O)C(Sc2cccc(NC(=O)C3CC3)c2)c2ccccc2)cc1. The average Bonchev–Trinajstić information content (AvgIpc) is 3.70. The minimum absolute atomic E-state index is 0.0709. The summed E-state index contributed by atoms with van der Waals surface area (Å²) in [6.45, 7) is 2.82. The maximum absolute atomic E-state index is 13.3. The van der Waals surface area contributed by atoms with Crippen LogP contribution in [0.15, 0.2) is 83.8 Å². The molecule has 1 fully saturated rings.